The quantitative estimate of drug-likeness (QED) is 0.848. The summed E-state index contributed by atoms with van der Waals surface area (Å²) in [5.41, 5.74) is 1.29. The van der Waals surface area contributed by atoms with Gasteiger partial charge in [0.1, 0.15) is 5.82 Å². The second-order valence-corrected chi connectivity index (χ2v) is 4.57. The Bertz CT molecular complexity index is 439. The summed E-state index contributed by atoms with van der Waals surface area (Å²) in [6.45, 7) is 6.02. The van der Waals surface area contributed by atoms with E-state index >= 15 is 0 Å². The molecule has 1 aromatic rings. The highest BCUT2D eigenvalue weighted by Crippen LogP contribution is 2.14. The van der Waals surface area contributed by atoms with Crippen molar-refractivity contribution in [3.8, 4) is 0 Å². The second kappa shape index (κ2) is 6.16. The molecule has 1 atom stereocenters. The van der Waals surface area contributed by atoms with Crippen LogP contribution in [-0.4, -0.2) is 36.5 Å². The molecule has 1 amide bonds. The van der Waals surface area contributed by atoms with Gasteiger partial charge in [0.05, 0.1) is 0 Å². The van der Waals surface area contributed by atoms with Crippen molar-refractivity contribution in [2.45, 2.75) is 19.9 Å². The van der Waals surface area contributed by atoms with Crippen LogP contribution in [0.2, 0.25) is 0 Å². The third-order valence-corrected chi connectivity index (χ3v) is 3.09. The summed E-state index contributed by atoms with van der Waals surface area (Å²) < 4.78 is 13.2. The van der Waals surface area contributed by atoms with Crippen molar-refractivity contribution in [1.82, 2.24) is 10.2 Å². The van der Waals surface area contributed by atoms with Gasteiger partial charge in [0, 0.05) is 31.2 Å². The molecule has 1 heterocycles. The molecule has 1 N–H and O–H groups in total. The molecule has 1 fully saturated rings. The number of amides is 1. The van der Waals surface area contributed by atoms with E-state index in [2.05, 4.69) is 5.32 Å². The van der Waals surface area contributed by atoms with Crippen molar-refractivity contribution in [2.75, 3.05) is 19.6 Å². The summed E-state index contributed by atoms with van der Waals surface area (Å²) in [5, 5.41) is 3.28. The van der Waals surface area contributed by atoms with Gasteiger partial charge in [-0.1, -0.05) is 6.07 Å². The van der Waals surface area contributed by atoms with Crippen LogP contribution in [-0.2, 0) is 0 Å². The predicted octanol–water partition coefficient (Wildman–Crippen LogP) is 1.99. The topological polar surface area (TPSA) is 32.3 Å². The van der Waals surface area contributed by atoms with E-state index in [-0.39, 0.29) is 24.1 Å². The number of nitrogens with zero attached hydrogens (tertiary/aromatic N) is 1. The van der Waals surface area contributed by atoms with Crippen molar-refractivity contribution in [3.05, 3.63) is 35.1 Å². The molecule has 1 saturated heterocycles. The summed E-state index contributed by atoms with van der Waals surface area (Å²) in [6.07, 6.45) is 0. The van der Waals surface area contributed by atoms with Gasteiger partial charge in [-0.05, 0) is 31.5 Å². The standard InChI is InChI=1S/C13H17FN2O.ClH/c1-9-3-4-11(14)7-12(9)13(17)16-6-5-15-10(2)8-16;/h3-4,7,10,15H,5-6,8H2,1-2H3;1H/t10-;/m1./s1. The number of nitrogens with one attached hydrogen (secondary N) is 1. The average molecular weight is 273 g/mol. The average Bonchev–Trinajstić information content (AvgIpc) is 2.31. The molecule has 18 heavy (non-hydrogen) atoms. The second-order valence-electron chi connectivity index (χ2n) is 4.57. The third-order valence-electron chi connectivity index (χ3n) is 3.09. The molecule has 0 unspecified atom stereocenters. The van der Waals surface area contributed by atoms with Crippen LogP contribution in [0.15, 0.2) is 18.2 Å². The lowest BCUT2D eigenvalue weighted by Gasteiger charge is -2.32. The number of aryl methyl sites for hydroxylation is 1. The highest BCUT2D eigenvalue weighted by atomic mass is 35.5. The summed E-state index contributed by atoms with van der Waals surface area (Å²) in [6, 6.07) is 4.65. The van der Waals surface area contributed by atoms with E-state index in [1.54, 1.807) is 11.0 Å². The molecule has 3 nitrogen and oxygen atoms in total. The van der Waals surface area contributed by atoms with Crippen LogP contribution in [0, 0.1) is 12.7 Å². The van der Waals surface area contributed by atoms with E-state index < -0.39 is 0 Å². The van der Waals surface area contributed by atoms with E-state index in [9.17, 15) is 9.18 Å². The molecular formula is C13H18ClFN2O. The van der Waals surface area contributed by atoms with Crippen LogP contribution in [0.5, 0.6) is 0 Å². The van der Waals surface area contributed by atoms with Crippen LogP contribution in [0.3, 0.4) is 0 Å². The number of benzene rings is 1. The Morgan fingerprint density at radius 2 is 2.22 bits per heavy atom. The highest BCUT2D eigenvalue weighted by molar-refractivity contribution is 5.95. The fourth-order valence-electron chi connectivity index (χ4n) is 2.11. The van der Waals surface area contributed by atoms with Gasteiger partial charge in [-0.15, -0.1) is 12.4 Å². The van der Waals surface area contributed by atoms with Gasteiger partial charge >= 0.3 is 0 Å². The van der Waals surface area contributed by atoms with Gasteiger partial charge in [0.15, 0.2) is 0 Å². The molecule has 0 aromatic heterocycles. The molecule has 0 bridgehead atoms. The number of halogens is 2. The zero-order chi connectivity index (χ0) is 12.4. The molecule has 1 aliphatic rings. The van der Waals surface area contributed by atoms with Crippen LogP contribution >= 0.6 is 12.4 Å². The number of carbonyl (C=O) groups is 1. The number of carbonyl (C=O) groups excluding carboxylic acids is 1. The fraction of sp³-hybridized carbons (Fsp3) is 0.462. The Morgan fingerprint density at radius 1 is 1.50 bits per heavy atom. The molecular weight excluding hydrogens is 255 g/mol. The minimum atomic E-state index is -0.359. The summed E-state index contributed by atoms with van der Waals surface area (Å²) in [7, 11) is 0. The lowest BCUT2D eigenvalue weighted by molar-refractivity contribution is 0.0708. The summed E-state index contributed by atoms with van der Waals surface area (Å²) in [5.74, 6) is -0.433. The molecule has 0 saturated carbocycles. The van der Waals surface area contributed by atoms with Crippen molar-refractivity contribution in [1.29, 1.82) is 0 Å². The largest absolute Gasteiger partial charge is 0.336 e. The number of hydrogen-bond acceptors (Lipinski definition) is 2. The normalized spacial score (nSPS) is 19.3. The number of rotatable bonds is 1. The maximum Gasteiger partial charge on any atom is 0.254 e. The minimum absolute atomic E-state index is 0. The molecule has 2 rings (SSSR count). The Kier molecular flexibility index (Phi) is 5.11. The van der Waals surface area contributed by atoms with Gasteiger partial charge in [-0.2, -0.15) is 0 Å². The van der Waals surface area contributed by atoms with Gasteiger partial charge < -0.3 is 10.2 Å². The zero-order valence-corrected chi connectivity index (χ0v) is 11.4. The zero-order valence-electron chi connectivity index (χ0n) is 10.6. The SMILES string of the molecule is Cc1ccc(F)cc1C(=O)N1CCN[C@H](C)C1.Cl. The van der Waals surface area contributed by atoms with E-state index in [4.69, 9.17) is 0 Å². The Balaban J connectivity index is 0.00000162. The third kappa shape index (κ3) is 3.21. The van der Waals surface area contributed by atoms with E-state index in [1.165, 1.54) is 12.1 Å². The molecule has 5 heteroatoms. The van der Waals surface area contributed by atoms with Gasteiger partial charge in [0.25, 0.3) is 5.91 Å². The van der Waals surface area contributed by atoms with Gasteiger partial charge in [-0.3, -0.25) is 4.79 Å². The maximum atomic E-state index is 13.2. The van der Waals surface area contributed by atoms with Crippen LogP contribution < -0.4 is 5.32 Å². The predicted molar refractivity (Wildman–Crippen MR) is 71.8 cm³/mol. The van der Waals surface area contributed by atoms with Crippen LogP contribution in [0.1, 0.15) is 22.8 Å². The molecule has 0 spiro atoms. The van der Waals surface area contributed by atoms with Crippen LogP contribution in [0.25, 0.3) is 0 Å². The first-order valence-corrected chi connectivity index (χ1v) is 5.87. The lowest BCUT2D eigenvalue weighted by atomic mass is 10.1. The molecule has 100 valence electrons. The first-order chi connectivity index (χ1) is 8.08. The first kappa shape index (κ1) is 14.9. The van der Waals surface area contributed by atoms with Gasteiger partial charge in [0.2, 0.25) is 0 Å². The molecule has 0 radical (unpaired) electrons. The van der Waals surface area contributed by atoms with Gasteiger partial charge in [-0.25, -0.2) is 4.39 Å². The Morgan fingerprint density at radius 3 is 2.89 bits per heavy atom. The molecule has 1 aliphatic heterocycles. The van der Waals surface area contributed by atoms with E-state index in [0.29, 0.717) is 24.7 Å². The van der Waals surface area contributed by atoms with Crippen molar-refractivity contribution >= 4 is 18.3 Å². The van der Waals surface area contributed by atoms with Crippen molar-refractivity contribution in [2.24, 2.45) is 0 Å². The smallest absolute Gasteiger partial charge is 0.254 e. The molecule has 1 aromatic carbocycles. The minimum Gasteiger partial charge on any atom is -0.336 e. The Hall–Kier alpha value is -1.13. The highest BCUT2D eigenvalue weighted by Gasteiger charge is 2.22. The first-order valence-electron chi connectivity index (χ1n) is 5.87. The number of piperazine rings is 1. The fourth-order valence-corrected chi connectivity index (χ4v) is 2.11. The molecule has 0 aliphatic carbocycles. The number of hydrogen-bond donors (Lipinski definition) is 1. The monoisotopic (exact) mass is 272 g/mol. The summed E-state index contributed by atoms with van der Waals surface area (Å²) >= 11 is 0. The van der Waals surface area contributed by atoms with Crippen LogP contribution in [0.4, 0.5) is 4.39 Å². The van der Waals surface area contributed by atoms with Crippen molar-refractivity contribution < 1.29 is 9.18 Å². The maximum absolute atomic E-state index is 13.2. The lowest BCUT2D eigenvalue weighted by Crippen LogP contribution is -2.51. The van der Waals surface area contributed by atoms with Crippen molar-refractivity contribution in [3.63, 3.8) is 0 Å². The van der Waals surface area contributed by atoms with E-state index in [0.717, 1.165) is 12.1 Å². The van der Waals surface area contributed by atoms with E-state index in [1.807, 2.05) is 13.8 Å². The summed E-state index contributed by atoms with van der Waals surface area (Å²) in [4.78, 5) is 14.0. The Labute approximate surface area is 113 Å².